The van der Waals surface area contributed by atoms with E-state index in [4.69, 9.17) is 0 Å². The Hall–Kier alpha value is -0.0800. The summed E-state index contributed by atoms with van der Waals surface area (Å²) in [5.74, 6) is 1.69. The first-order valence-corrected chi connectivity index (χ1v) is 6.92. The molecule has 0 saturated carbocycles. The Balaban J connectivity index is 1.77. The minimum absolute atomic E-state index is 0.434. The normalized spacial score (nSPS) is 36.4. The second-order valence-corrected chi connectivity index (χ2v) is 6.92. The van der Waals surface area contributed by atoms with Crippen molar-refractivity contribution in [3.63, 3.8) is 0 Å². The SMILES string of the molecule is CC(CNC1CCN2CCC1C2)C(C)(C)C. The molecule has 4 atom stereocenters. The van der Waals surface area contributed by atoms with Crippen molar-refractivity contribution in [3.8, 4) is 0 Å². The number of rotatable bonds is 3. The largest absolute Gasteiger partial charge is 0.313 e. The summed E-state index contributed by atoms with van der Waals surface area (Å²) >= 11 is 0. The Morgan fingerprint density at radius 2 is 1.94 bits per heavy atom. The van der Waals surface area contributed by atoms with Crippen molar-refractivity contribution in [2.45, 2.75) is 46.6 Å². The molecule has 2 fully saturated rings. The molecule has 16 heavy (non-hydrogen) atoms. The van der Waals surface area contributed by atoms with E-state index in [1.807, 2.05) is 0 Å². The van der Waals surface area contributed by atoms with Crippen molar-refractivity contribution in [3.05, 3.63) is 0 Å². The Bertz CT molecular complexity index is 231. The van der Waals surface area contributed by atoms with Crippen LogP contribution in [-0.4, -0.2) is 37.1 Å². The van der Waals surface area contributed by atoms with Gasteiger partial charge in [-0.2, -0.15) is 0 Å². The lowest BCUT2D eigenvalue weighted by Gasteiger charge is -2.34. The molecule has 0 aromatic carbocycles. The minimum atomic E-state index is 0.434. The van der Waals surface area contributed by atoms with Crippen molar-refractivity contribution in [2.24, 2.45) is 17.3 Å². The number of hydrogen-bond donors (Lipinski definition) is 1. The first-order chi connectivity index (χ1) is 7.47. The van der Waals surface area contributed by atoms with Gasteiger partial charge in [0, 0.05) is 12.6 Å². The summed E-state index contributed by atoms with van der Waals surface area (Å²) in [7, 11) is 0. The first-order valence-electron chi connectivity index (χ1n) is 6.92. The fraction of sp³-hybridized carbons (Fsp3) is 1.00. The second-order valence-electron chi connectivity index (χ2n) is 6.92. The van der Waals surface area contributed by atoms with Gasteiger partial charge in [-0.05, 0) is 49.7 Å². The Morgan fingerprint density at radius 1 is 1.25 bits per heavy atom. The van der Waals surface area contributed by atoms with Gasteiger partial charge < -0.3 is 10.2 Å². The molecule has 0 aromatic rings. The summed E-state index contributed by atoms with van der Waals surface area (Å²) in [6.07, 6.45) is 2.78. The molecule has 1 N–H and O–H groups in total. The van der Waals surface area contributed by atoms with E-state index in [1.54, 1.807) is 0 Å². The summed E-state index contributed by atoms with van der Waals surface area (Å²) in [4.78, 5) is 2.62. The molecule has 0 aliphatic carbocycles. The van der Waals surface area contributed by atoms with E-state index in [-0.39, 0.29) is 0 Å². The van der Waals surface area contributed by atoms with Gasteiger partial charge in [0.05, 0.1) is 0 Å². The third kappa shape index (κ3) is 2.78. The van der Waals surface area contributed by atoms with E-state index in [0.29, 0.717) is 5.41 Å². The maximum atomic E-state index is 3.83. The highest BCUT2D eigenvalue weighted by Crippen LogP contribution is 2.29. The molecule has 0 aromatic heterocycles. The second kappa shape index (κ2) is 4.66. The van der Waals surface area contributed by atoms with Gasteiger partial charge in [-0.15, -0.1) is 0 Å². The van der Waals surface area contributed by atoms with Crippen LogP contribution in [0.5, 0.6) is 0 Å². The number of nitrogens with zero attached hydrogens (tertiary/aromatic N) is 1. The lowest BCUT2D eigenvalue weighted by atomic mass is 9.81. The average Bonchev–Trinajstić information content (AvgIpc) is 2.58. The fourth-order valence-corrected chi connectivity index (χ4v) is 2.85. The van der Waals surface area contributed by atoms with Gasteiger partial charge in [0.2, 0.25) is 0 Å². The topological polar surface area (TPSA) is 15.3 Å². The summed E-state index contributed by atoms with van der Waals surface area (Å²) in [6, 6.07) is 0.795. The van der Waals surface area contributed by atoms with Crippen LogP contribution in [0.3, 0.4) is 0 Å². The molecule has 2 saturated heterocycles. The van der Waals surface area contributed by atoms with Gasteiger partial charge in [0.15, 0.2) is 0 Å². The van der Waals surface area contributed by atoms with Gasteiger partial charge in [0.25, 0.3) is 0 Å². The molecule has 0 spiro atoms. The maximum absolute atomic E-state index is 3.83. The molecule has 0 amide bonds. The van der Waals surface area contributed by atoms with Crippen molar-refractivity contribution >= 4 is 0 Å². The Kier molecular flexibility index (Phi) is 3.60. The summed E-state index contributed by atoms with van der Waals surface area (Å²) < 4.78 is 0. The molecule has 2 bridgehead atoms. The average molecular weight is 224 g/mol. The third-order valence-electron chi connectivity index (χ3n) is 4.80. The lowest BCUT2D eigenvalue weighted by Crippen LogP contribution is -2.46. The monoisotopic (exact) mass is 224 g/mol. The van der Waals surface area contributed by atoms with Gasteiger partial charge in [-0.25, -0.2) is 0 Å². The van der Waals surface area contributed by atoms with Gasteiger partial charge in [-0.3, -0.25) is 0 Å². The lowest BCUT2D eigenvalue weighted by molar-refractivity contribution is 0.193. The molecular weight excluding hydrogens is 196 g/mol. The smallest absolute Gasteiger partial charge is 0.0120 e. The third-order valence-corrected chi connectivity index (χ3v) is 4.80. The van der Waals surface area contributed by atoms with Crippen LogP contribution in [-0.2, 0) is 0 Å². The number of hydrogen-bond acceptors (Lipinski definition) is 2. The molecule has 0 radical (unpaired) electrons. The van der Waals surface area contributed by atoms with E-state index < -0.39 is 0 Å². The highest BCUT2D eigenvalue weighted by atomic mass is 15.2. The number of piperidine rings is 1. The van der Waals surface area contributed by atoms with Crippen LogP contribution >= 0.6 is 0 Å². The van der Waals surface area contributed by atoms with E-state index >= 15 is 0 Å². The predicted octanol–water partition coefficient (Wildman–Crippen LogP) is 2.35. The zero-order valence-electron chi connectivity index (χ0n) is 11.4. The Labute approximate surface area is 101 Å². The Morgan fingerprint density at radius 3 is 2.62 bits per heavy atom. The van der Waals surface area contributed by atoms with Crippen molar-refractivity contribution in [2.75, 3.05) is 26.2 Å². The molecule has 4 unspecified atom stereocenters. The van der Waals surface area contributed by atoms with E-state index in [0.717, 1.165) is 17.9 Å². The molecule has 2 nitrogen and oxygen atoms in total. The first kappa shape index (κ1) is 12.4. The number of fused-ring (bicyclic) bond motifs is 2. The molecule has 2 heterocycles. The zero-order chi connectivity index (χ0) is 11.8. The van der Waals surface area contributed by atoms with Crippen molar-refractivity contribution in [1.29, 1.82) is 0 Å². The van der Waals surface area contributed by atoms with Crippen LogP contribution in [0, 0.1) is 17.3 Å². The van der Waals surface area contributed by atoms with Crippen LogP contribution in [0.2, 0.25) is 0 Å². The number of nitrogens with one attached hydrogen (secondary N) is 1. The van der Waals surface area contributed by atoms with E-state index in [1.165, 1.54) is 39.0 Å². The summed E-state index contributed by atoms with van der Waals surface area (Å²) in [5.41, 5.74) is 0.434. The fourth-order valence-electron chi connectivity index (χ4n) is 2.85. The highest BCUT2D eigenvalue weighted by Gasteiger charge is 2.34. The predicted molar refractivity (Wildman–Crippen MR) is 69.6 cm³/mol. The molecule has 2 heteroatoms. The van der Waals surface area contributed by atoms with E-state index in [9.17, 15) is 0 Å². The summed E-state index contributed by atoms with van der Waals surface area (Å²) in [6.45, 7) is 14.6. The van der Waals surface area contributed by atoms with Crippen LogP contribution in [0.15, 0.2) is 0 Å². The van der Waals surface area contributed by atoms with Crippen LogP contribution < -0.4 is 5.32 Å². The van der Waals surface area contributed by atoms with Crippen LogP contribution in [0.25, 0.3) is 0 Å². The maximum Gasteiger partial charge on any atom is 0.0120 e. The van der Waals surface area contributed by atoms with E-state index in [2.05, 4.69) is 37.9 Å². The molecule has 2 aliphatic rings. The van der Waals surface area contributed by atoms with Gasteiger partial charge in [-0.1, -0.05) is 27.7 Å². The minimum Gasteiger partial charge on any atom is -0.313 e. The standard InChI is InChI=1S/C14H28N2/c1-11(14(2,3)4)9-15-13-6-8-16-7-5-12(13)10-16/h11-13,15H,5-10H2,1-4H3. The zero-order valence-corrected chi connectivity index (χ0v) is 11.4. The molecule has 2 aliphatic heterocycles. The van der Waals surface area contributed by atoms with Crippen molar-refractivity contribution < 1.29 is 0 Å². The van der Waals surface area contributed by atoms with Crippen LogP contribution in [0.4, 0.5) is 0 Å². The molecular formula is C14H28N2. The van der Waals surface area contributed by atoms with Crippen molar-refractivity contribution in [1.82, 2.24) is 10.2 Å². The van der Waals surface area contributed by atoms with Gasteiger partial charge >= 0.3 is 0 Å². The quantitative estimate of drug-likeness (QED) is 0.791. The highest BCUT2D eigenvalue weighted by molar-refractivity contribution is 4.91. The molecule has 2 rings (SSSR count). The van der Waals surface area contributed by atoms with Gasteiger partial charge in [0.1, 0.15) is 0 Å². The molecule has 94 valence electrons. The summed E-state index contributed by atoms with van der Waals surface area (Å²) in [5, 5.41) is 3.83. The van der Waals surface area contributed by atoms with Crippen LogP contribution in [0.1, 0.15) is 40.5 Å².